The molecule has 9 heteroatoms. The van der Waals surface area contributed by atoms with E-state index in [4.69, 9.17) is 28.9 Å². The molecular formula is C14H19NO8. The lowest BCUT2D eigenvalue weighted by Crippen LogP contribution is -2.61. The Kier molecular flexibility index (Phi) is 6.93. The van der Waals surface area contributed by atoms with E-state index < -0.39 is 48.6 Å². The van der Waals surface area contributed by atoms with E-state index in [9.17, 15) is 14.4 Å². The van der Waals surface area contributed by atoms with Gasteiger partial charge in [-0.3, -0.25) is 14.4 Å². The predicted molar refractivity (Wildman–Crippen MR) is 72.6 cm³/mol. The van der Waals surface area contributed by atoms with Crippen LogP contribution in [0.25, 0.3) is 0 Å². The molecule has 0 aromatic carbocycles. The molecule has 0 radical (unpaired) electrons. The lowest BCUT2D eigenvalue weighted by molar-refractivity contribution is -0.297. The quantitative estimate of drug-likeness (QED) is 0.509. The molecule has 0 aliphatic carbocycles. The molecular weight excluding hydrogens is 310 g/mol. The largest absolute Gasteiger partial charge is 0.456 e. The zero-order valence-electron chi connectivity index (χ0n) is 13.3. The first-order valence-corrected chi connectivity index (χ1v) is 6.87. The van der Waals surface area contributed by atoms with Crippen molar-refractivity contribution in [2.75, 3.05) is 7.11 Å². The molecule has 0 N–H and O–H groups in total. The molecule has 1 rings (SSSR count). The molecule has 0 spiro atoms. The molecule has 0 aromatic heterocycles. The fraction of sp³-hybridized carbons (Fsp3) is 0.714. The van der Waals surface area contributed by atoms with Gasteiger partial charge in [0.25, 0.3) is 0 Å². The van der Waals surface area contributed by atoms with Gasteiger partial charge in [-0.05, 0) is 0 Å². The number of carbonyl (C=O) groups is 3. The molecule has 1 fully saturated rings. The van der Waals surface area contributed by atoms with Gasteiger partial charge in [0.1, 0.15) is 6.10 Å². The Bertz CT molecular complexity index is 499. The molecule has 0 bridgehead atoms. The van der Waals surface area contributed by atoms with Gasteiger partial charge in [-0.2, -0.15) is 5.26 Å². The third-order valence-corrected chi connectivity index (χ3v) is 3.02. The summed E-state index contributed by atoms with van der Waals surface area (Å²) in [6, 6.07) is 1.89. The number of esters is 3. The van der Waals surface area contributed by atoms with E-state index in [0.717, 1.165) is 13.8 Å². The van der Waals surface area contributed by atoms with E-state index in [1.165, 1.54) is 14.0 Å². The minimum Gasteiger partial charge on any atom is -0.456 e. The number of carbonyl (C=O) groups excluding carboxylic acids is 3. The number of nitriles is 1. The summed E-state index contributed by atoms with van der Waals surface area (Å²) in [6.07, 6.45) is -5.51. The van der Waals surface area contributed by atoms with E-state index in [-0.39, 0.29) is 6.42 Å². The normalized spacial score (nSPS) is 30.0. The molecule has 1 saturated heterocycles. The van der Waals surface area contributed by atoms with Crippen LogP contribution in [0, 0.1) is 11.3 Å². The summed E-state index contributed by atoms with van der Waals surface area (Å²) in [5.41, 5.74) is 0. The molecule has 0 amide bonds. The second-order valence-corrected chi connectivity index (χ2v) is 4.86. The van der Waals surface area contributed by atoms with Gasteiger partial charge in [0.2, 0.25) is 0 Å². The topological polar surface area (TPSA) is 121 Å². The maximum Gasteiger partial charge on any atom is 0.303 e. The first kappa shape index (κ1) is 18.9. The average Bonchev–Trinajstić information content (AvgIpc) is 2.43. The Morgan fingerprint density at radius 1 is 0.957 bits per heavy atom. The second kappa shape index (κ2) is 8.45. The van der Waals surface area contributed by atoms with Crippen LogP contribution in [-0.4, -0.2) is 55.7 Å². The first-order valence-electron chi connectivity index (χ1n) is 6.87. The number of hydrogen-bond acceptors (Lipinski definition) is 9. The van der Waals surface area contributed by atoms with Crippen molar-refractivity contribution in [2.45, 2.75) is 57.9 Å². The van der Waals surface area contributed by atoms with Crippen LogP contribution < -0.4 is 0 Å². The Labute approximate surface area is 133 Å². The van der Waals surface area contributed by atoms with E-state index in [0.29, 0.717) is 0 Å². The third-order valence-electron chi connectivity index (χ3n) is 3.02. The van der Waals surface area contributed by atoms with Gasteiger partial charge >= 0.3 is 17.9 Å². The van der Waals surface area contributed by atoms with E-state index >= 15 is 0 Å². The smallest absolute Gasteiger partial charge is 0.303 e. The van der Waals surface area contributed by atoms with Crippen molar-refractivity contribution in [2.24, 2.45) is 0 Å². The SMILES string of the molecule is CO[C@H]1O[C@H](CC#N)[C@@H](OC(C)=O)[C@H](OC(C)=O)[C@@H]1OC(C)=O. The minimum atomic E-state index is -1.16. The van der Waals surface area contributed by atoms with Crippen molar-refractivity contribution < 1.29 is 38.1 Å². The van der Waals surface area contributed by atoms with E-state index in [1.807, 2.05) is 6.07 Å². The average molecular weight is 329 g/mol. The molecule has 1 aliphatic rings. The van der Waals surface area contributed by atoms with Crippen LogP contribution in [0.2, 0.25) is 0 Å². The van der Waals surface area contributed by atoms with Crippen molar-refractivity contribution in [1.29, 1.82) is 5.26 Å². The molecule has 0 saturated carbocycles. The Hall–Kier alpha value is -2.18. The lowest BCUT2D eigenvalue weighted by Gasteiger charge is -2.43. The number of rotatable bonds is 5. The highest BCUT2D eigenvalue weighted by Gasteiger charge is 2.51. The van der Waals surface area contributed by atoms with Crippen molar-refractivity contribution in [1.82, 2.24) is 0 Å². The third kappa shape index (κ3) is 5.19. The molecule has 23 heavy (non-hydrogen) atoms. The zero-order valence-corrected chi connectivity index (χ0v) is 13.3. The monoisotopic (exact) mass is 329 g/mol. The maximum absolute atomic E-state index is 11.4. The summed E-state index contributed by atoms with van der Waals surface area (Å²) in [6.45, 7) is 3.49. The number of hydrogen-bond donors (Lipinski definition) is 0. The van der Waals surface area contributed by atoms with Crippen LogP contribution in [0.15, 0.2) is 0 Å². The molecule has 1 aliphatic heterocycles. The van der Waals surface area contributed by atoms with E-state index in [2.05, 4.69) is 0 Å². The Morgan fingerprint density at radius 2 is 1.43 bits per heavy atom. The van der Waals surface area contributed by atoms with Crippen molar-refractivity contribution in [3.8, 4) is 6.07 Å². The second-order valence-electron chi connectivity index (χ2n) is 4.86. The molecule has 128 valence electrons. The van der Waals surface area contributed by atoms with Gasteiger partial charge in [0.15, 0.2) is 24.6 Å². The predicted octanol–water partition coefficient (Wildman–Crippen LogP) is 0.0665. The zero-order chi connectivity index (χ0) is 17.6. The highest BCUT2D eigenvalue weighted by Crippen LogP contribution is 2.30. The van der Waals surface area contributed by atoms with Crippen LogP contribution in [0.4, 0.5) is 0 Å². The number of methoxy groups -OCH3 is 1. The van der Waals surface area contributed by atoms with Gasteiger partial charge < -0.3 is 23.7 Å². The Balaban J connectivity index is 3.20. The van der Waals surface area contributed by atoms with Crippen molar-refractivity contribution in [3.63, 3.8) is 0 Å². The fourth-order valence-corrected chi connectivity index (χ4v) is 2.30. The molecule has 9 nitrogen and oxygen atoms in total. The van der Waals surface area contributed by atoms with Crippen LogP contribution in [0.1, 0.15) is 27.2 Å². The summed E-state index contributed by atoms with van der Waals surface area (Å²) in [5.74, 6) is -1.98. The Morgan fingerprint density at radius 3 is 1.87 bits per heavy atom. The standard InChI is InChI=1S/C14H19NO8/c1-7(16)20-11-10(5-6-15)23-14(19-4)13(22-9(3)18)12(11)21-8(2)17/h10-14H,5H2,1-4H3/t10-,11-,12+,13+,14+/m1/s1. The minimum absolute atomic E-state index is 0.137. The van der Waals surface area contributed by atoms with Gasteiger partial charge in [-0.15, -0.1) is 0 Å². The summed E-state index contributed by atoms with van der Waals surface area (Å²) < 4.78 is 26.0. The first-order chi connectivity index (χ1) is 10.8. The van der Waals surface area contributed by atoms with Gasteiger partial charge in [0.05, 0.1) is 12.5 Å². The van der Waals surface area contributed by atoms with Crippen molar-refractivity contribution >= 4 is 17.9 Å². The van der Waals surface area contributed by atoms with Crippen LogP contribution in [0.5, 0.6) is 0 Å². The highest BCUT2D eigenvalue weighted by atomic mass is 16.7. The molecule has 5 atom stereocenters. The summed E-state index contributed by atoms with van der Waals surface area (Å²) >= 11 is 0. The molecule has 1 heterocycles. The van der Waals surface area contributed by atoms with Gasteiger partial charge in [0, 0.05) is 27.9 Å². The summed E-state index contributed by atoms with van der Waals surface area (Å²) in [7, 11) is 1.31. The number of nitrogens with zero attached hydrogens (tertiary/aromatic N) is 1. The van der Waals surface area contributed by atoms with Gasteiger partial charge in [-0.25, -0.2) is 0 Å². The fourth-order valence-electron chi connectivity index (χ4n) is 2.30. The summed E-state index contributed by atoms with van der Waals surface area (Å²) in [5, 5.41) is 8.90. The van der Waals surface area contributed by atoms with Crippen molar-refractivity contribution in [3.05, 3.63) is 0 Å². The lowest BCUT2D eigenvalue weighted by atomic mass is 9.96. The molecule has 0 unspecified atom stereocenters. The van der Waals surface area contributed by atoms with Crippen LogP contribution in [-0.2, 0) is 38.1 Å². The van der Waals surface area contributed by atoms with Crippen LogP contribution >= 0.6 is 0 Å². The van der Waals surface area contributed by atoms with Gasteiger partial charge in [-0.1, -0.05) is 0 Å². The highest BCUT2D eigenvalue weighted by molar-refractivity contribution is 5.68. The molecule has 0 aromatic rings. The van der Waals surface area contributed by atoms with E-state index in [1.54, 1.807) is 0 Å². The number of ether oxygens (including phenoxy) is 5. The van der Waals surface area contributed by atoms with Crippen LogP contribution in [0.3, 0.4) is 0 Å². The maximum atomic E-state index is 11.4. The summed E-state index contributed by atoms with van der Waals surface area (Å²) in [4.78, 5) is 34.0.